The van der Waals surface area contributed by atoms with Gasteiger partial charge in [-0.1, -0.05) is 85.0 Å². The Kier molecular flexibility index (Phi) is 11.4. The van der Waals surface area contributed by atoms with Crippen LogP contribution in [0.25, 0.3) is 0 Å². The van der Waals surface area contributed by atoms with Gasteiger partial charge in [-0.15, -0.1) is 0 Å². The van der Waals surface area contributed by atoms with Crippen molar-refractivity contribution in [2.75, 3.05) is 20.1 Å². The molecular weight excluding hydrogens is 593 g/mol. The van der Waals surface area contributed by atoms with Crippen LogP contribution in [-0.2, 0) is 32.6 Å². The standard InChI is InChI=1S/C29H32Cl3N3O4S/c1-20(2)17-33-29(37)27(16-21-7-5-4-6-8-21)35(18-22-9-14-25(31)26(32)15-22)28(36)19-34(3)40(38,39)24-12-10-23(30)11-13-24/h4-15,20,27H,16-19H2,1-3H3,(H,33,37)/t27-/m0/s1. The smallest absolute Gasteiger partial charge is 0.243 e. The third-order valence-corrected chi connectivity index (χ3v) is 8.98. The Hall–Kier alpha value is -2.62. The molecule has 0 heterocycles. The number of halogens is 3. The molecule has 1 N–H and O–H groups in total. The minimum absolute atomic E-state index is 0.00116. The zero-order valence-corrected chi connectivity index (χ0v) is 25.6. The van der Waals surface area contributed by atoms with Crippen molar-refractivity contribution in [2.45, 2.75) is 37.8 Å². The van der Waals surface area contributed by atoms with E-state index in [1.807, 2.05) is 44.2 Å². The zero-order valence-electron chi connectivity index (χ0n) is 22.5. The van der Waals surface area contributed by atoms with Crippen LogP contribution in [0.5, 0.6) is 0 Å². The maximum Gasteiger partial charge on any atom is 0.243 e. The number of nitrogens with zero attached hydrogens (tertiary/aromatic N) is 2. The summed E-state index contributed by atoms with van der Waals surface area (Å²) < 4.78 is 27.4. The van der Waals surface area contributed by atoms with Crippen LogP contribution in [0.3, 0.4) is 0 Å². The van der Waals surface area contributed by atoms with E-state index in [2.05, 4.69) is 5.32 Å². The first kappa shape index (κ1) is 31.9. The van der Waals surface area contributed by atoms with Gasteiger partial charge in [-0.25, -0.2) is 8.42 Å². The first-order chi connectivity index (χ1) is 18.9. The molecule has 3 rings (SSSR count). The Morgan fingerprint density at radius 2 is 1.52 bits per heavy atom. The van der Waals surface area contributed by atoms with E-state index in [0.29, 0.717) is 27.2 Å². The molecular formula is C29H32Cl3N3O4S. The third kappa shape index (κ3) is 8.69. The van der Waals surface area contributed by atoms with Crippen LogP contribution in [0.2, 0.25) is 15.1 Å². The first-order valence-electron chi connectivity index (χ1n) is 12.7. The molecule has 0 spiro atoms. The van der Waals surface area contributed by atoms with Crippen LogP contribution in [0.15, 0.2) is 77.7 Å². The lowest BCUT2D eigenvalue weighted by atomic mass is 10.0. The minimum Gasteiger partial charge on any atom is -0.354 e. The molecule has 0 saturated heterocycles. The molecule has 1 atom stereocenters. The molecule has 0 aliphatic carbocycles. The molecule has 3 aromatic carbocycles. The number of sulfonamides is 1. The van der Waals surface area contributed by atoms with E-state index < -0.39 is 28.5 Å². The minimum atomic E-state index is -4.01. The molecule has 2 amide bonds. The summed E-state index contributed by atoms with van der Waals surface area (Å²) in [5.41, 5.74) is 1.49. The number of hydrogen-bond donors (Lipinski definition) is 1. The summed E-state index contributed by atoms with van der Waals surface area (Å²) in [6.45, 7) is 3.89. The van der Waals surface area contributed by atoms with Gasteiger partial charge in [0.1, 0.15) is 6.04 Å². The molecule has 0 fully saturated rings. The summed E-state index contributed by atoms with van der Waals surface area (Å²) in [6, 6.07) is 19.1. The Bertz CT molecular complexity index is 1420. The number of likely N-dealkylation sites (N-methyl/N-ethyl adjacent to an activating group) is 1. The summed E-state index contributed by atoms with van der Waals surface area (Å²) in [5, 5.41) is 3.98. The van der Waals surface area contributed by atoms with Crippen molar-refractivity contribution < 1.29 is 18.0 Å². The molecule has 214 valence electrons. The van der Waals surface area contributed by atoms with Crippen LogP contribution in [0, 0.1) is 5.92 Å². The van der Waals surface area contributed by atoms with E-state index in [9.17, 15) is 18.0 Å². The second-order valence-electron chi connectivity index (χ2n) is 9.83. The second-order valence-corrected chi connectivity index (χ2v) is 13.1. The fourth-order valence-corrected chi connectivity index (χ4v) is 5.53. The highest BCUT2D eigenvalue weighted by Gasteiger charge is 2.33. The highest BCUT2D eigenvalue weighted by atomic mass is 35.5. The fourth-order valence-electron chi connectivity index (χ4n) is 3.96. The van der Waals surface area contributed by atoms with Crippen molar-refractivity contribution in [3.05, 3.63) is 99.0 Å². The van der Waals surface area contributed by atoms with Crippen LogP contribution in [-0.4, -0.2) is 55.6 Å². The fraction of sp³-hybridized carbons (Fsp3) is 0.310. The van der Waals surface area contributed by atoms with E-state index in [1.165, 1.54) is 36.2 Å². The quantitative estimate of drug-likeness (QED) is 0.281. The highest BCUT2D eigenvalue weighted by Crippen LogP contribution is 2.25. The van der Waals surface area contributed by atoms with E-state index in [-0.39, 0.29) is 29.7 Å². The average molecular weight is 625 g/mol. The van der Waals surface area contributed by atoms with Crippen LogP contribution in [0.1, 0.15) is 25.0 Å². The molecule has 3 aromatic rings. The number of rotatable bonds is 12. The van der Waals surface area contributed by atoms with Crippen molar-refractivity contribution in [1.82, 2.24) is 14.5 Å². The Labute approximate surface area is 251 Å². The molecule has 0 radical (unpaired) electrons. The lowest BCUT2D eigenvalue weighted by molar-refractivity contribution is -0.141. The van der Waals surface area contributed by atoms with Crippen LogP contribution >= 0.6 is 34.8 Å². The molecule has 11 heteroatoms. The van der Waals surface area contributed by atoms with Crippen molar-refractivity contribution >= 4 is 56.6 Å². The number of carbonyl (C=O) groups excluding carboxylic acids is 2. The number of carbonyl (C=O) groups is 2. The van der Waals surface area contributed by atoms with Gasteiger partial charge in [0.2, 0.25) is 21.8 Å². The third-order valence-electron chi connectivity index (χ3n) is 6.17. The van der Waals surface area contributed by atoms with Gasteiger partial charge in [0.15, 0.2) is 0 Å². The summed E-state index contributed by atoms with van der Waals surface area (Å²) in [5.74, 6) is -0.697. The predicted octanol–water partition coefficient (Wildman–Crippen LogP) is 5.68. The van der Waals surface area contributed by atoms with Gasteiger partial charge >= 0.3 is 0 Å². The number of nitrogens with one attached hydrogen (secondary N) is 1. The highest BCUT2D eigenvalue weighted by molar-refractivity contribution is 7.89. The van der Waals surface area contributed by atoms with E-state index in [1.54, 1.807) is 18.2 Å². The molecule has 0 aliphatic heterocycles. The maximum absolute atomic E-state index is 13.9. The number of amides is 2. The van der Waals surface area contributed by atoms with E-state index >= 15 is 0 Å². The Morgan fingerprint density at radius 3 is 2.12 bits per heavy atom. The molecule has 0 aromatic heterocycles. The molecule has 0 saturated carbocycles. The lowest BCUT2D eigenvalue weighted by Crippen LogP contribution is -2.53. The van der Waals surface area contributed by atoms with Gasteiger partial charge in [-0.3, -0.25) is 9.59 Å². The normalized spacial score (nSPS) is 12.4. The van der Waals surface area contributed by atoms with Gasteiger partial charge in [-0.05, 0) is 53.4 Å². The monoisotopic (exact) mass is 623 g/mol. The van der Waals surface area contributed by atoms with Crippen molar-refractivity contribution in [3.8, 4) is 0 Å². The van der Waals surface area contributed by atoms with Crippen LogP contribution < -0.4 is 5.32 Å². The molecule has 40 heavy (non-hydrogen) atoms. The number of benzene rings is 3. The van der Waals surface area contributed by atoms with Crippen molar-refractivity contribution in [2.24, 2.45) is 5.92 Å². The summed E-state index contributed by atoms with van der Waals surface area (Å²) >= 11 is 18.3. The van der Waals surface area contributed by atoms with Crippen molar-refractivity contribution in [1.29, 1.82) is 0 Å². The second kappa shape index (κ2) is 14.3. The van der Waals surface area contributed by atoms with Gasteiger partial charge < -0.3 is 10.2 Å². The Balaban J connectivity index is 1.98. The number of hydrogen-bond acceptors (Lipinski definition) is 4. The zero-order chi connectivity index (χ0) is 29.4. The summed E-state index contributed by atoms with van der Waals surface area (Å²) in [4.78, 5) is 28.8. The van der Waals surface area contributed by atoms with Gasteiger partial charge in [-0.2, -0.15) is 4.31 Å². The maximum atomic E-state index is 13.9. The molecule has 7 nitrogen and oxygen atoms in total. The van der Waals surface area contributed by atoms with E-state index in [0.717, 1.165) is 9.87 Å². The lowest BCUT2D eigenvalue weighted by Gasteiger charge is -2.33. The van der Waals surface area contributed by atoms with Crippen molar-refractivity contribution in [3.63, 3.8) is 0 Å². The first-order valence-corrected chi connectivity index (χ1v) is 15.2. The summed E-state index contributed by atoms with van der Waals surface area (Å²) in [7, 11) is -2.68. The SMILES string of the molecule is CC(C)CNC(=O)[C@H](Cc1ccccc1)N(Cc1ccc(Cl)c(Cl)c1)C(=O)CN(C)S(=O)(=O)c1ccc(Cl)cc1. The Morgan fingerprint density at radius 1 is 0.875 bits per heavy atom. The predicted molar refractivity (Wildman–Crippen MR) is 160 cm³/mol. The molecule has 0 bridgehead atoms. The van der Waals surface area contributed by atoms with E-state index in [4.69, 9.17) is 34.8 Å². The summed E-state index contributed by atoms with van der Waals surface area (Å²) in [6.07, 6.45) is 0.228. The van der Waals surface area contributed by atoms with Gasteiger partial charge in [0.25, 0.3) is 0 Å². The van der Waals surface area contributed by atoms with Crippen LogP contribution in [0.4, 0.5) is 0 Å². The molecule has 0 aliphatic rings. The van der Waals surface area contributed by atoms with Gasteiger partial charge in [0.05, 0.1) is 21.5 Å². The largest absolute Gasteiger partial charge is 0.354 e. The topological polar surface area (TPSA) is 86.8 Å². The molecule has 0 unspecified atom stereocenters. The average Bonchev–Trinajstić information content (AvgIpc) is 2.91. The van der Waals surface area contributed by atoms with Gasteiger partial charge in [0, 0.05) is 31.6 Å².